The largest absolute Gasteiger partial charge is 0.440 e. The topological polar surface area (TPSA) is 59.0 Å². The number of allylic oxidation sites excluding steroid dienone is 1. The Balaban J connectivity index is 2.04. The van der Waals surface area contributed by atoms with Gasteiger partial charge in [-0.05, 0) is 16.8 Å². The number of ether oxygens (including phenoxy) is 1. The normalized spacial score (nSPS) is 17.0. The third kappa shape index (κ3) is 1.80. The summed E-state index contributed by atoms with van der Waals surface area (Å²) in [6.45, 7) is 0. The molecule has 0 amide bonds. The van der Waals surface area contributed by atoms with E-state index in [2.05, 4.69) is 12.1 Å². The average Bonchev–Trinajstić information content (AvgIpc) is 3.07. The minimum Gasteiger partial charge on any atom is -0.440 e. The highest BCUT2D eigenvalue weighted by molar-refractivity contribution is 7.10. The molecule has 2 aromatic carbocycles. The quantitative estimate of drug-likeness (QED) is 0.735. The maximum atomic E-state index is 9.51. The van der Waals surface area contributed by atoms with Crippen LogP contribution in [0.2, 0.25) is 0 Å². The monoisotopic (exact) mass is 304 g/mol. The molecule has 0 saturated heterocycles. The molecule has 0 fully saturated rings. The van der Waals surface area contributed by atoms with Crippen LogP contribution in [-0.2, 0) is 0 Å². The summed E-state index contributed by atoms with van der Waals surface area (Å²) in [6.07, 6.45) is 0. The minimum absolute atomic E-state index is 0.154. The molecule has 1 aliphatic rings. The maximum absolute atomic E-state index is 9.51. The number of hydrogen-bond donors (Lipinski definition) is 1. The molecule has 0 aliphatic carbocycles. The number of nitrogens with zero attached hydrogens (tertiary/aromatic N) is 1. The van der Waals surface area contributed by atoms with Crippen molar-refractivity contribution in [3.05, 3.63) is 75.8 Å². The number of fused-ring (bicyclic) bond motifs is 3. The molecule has 1 atom stereocenters. The number of nitriles is 1. The highest BCUT2D eigenvalue weighted by Gasteiger charge is 2.32. The molecule has 4 heteroatoms. The van der Waals surface area contributed by atoms with Crippen LogP contribution in [0.15, 0.2) is 65.4 Å². The predicted octanol–water partition coefficient (Wildman–Crippen LogP) is 4.12. The molecule has 0 unspecified atom stereocenters. The first-order valence-electron chi connectivity index (χ1n) is 6.92. The van der Waals surface area contributed by atoms with Gasteiger partial charge in [0, 0.05) is 15.8 Å². The van der Waals surface area contributed by atoms with Crippen LogP contribution < -0.4 is 10.5 Å². The molecule has 2 heterocycles. The Hall–Kier alpha value is -2.77. The summed E-state index contributed by atoms with van der Waals surface area (Å²) in [7, 11) is 0. The molecular formula is C18H12N2OS. The Morgan fingerprint density at radius 1 is 1.09 bits per heavy atom. The molecule has 3 aromatic rings. The van der Waals surface area contributed by atoms with E-state index in [1.54, 1.807) is 11.3 Å². The van der Waals surface area contributed by atoms with E-state index in [1.807, 2.05) is 47.8 Å². The number of rotatable bonds is 1. The molecule has 106 valence electrons. The van der Waals surface area contributed by atoms with E-state index in [0.717, 1.165) is 27.0 Å². The lowest BCUT2D eigenvalue weighted by atomic mass is 9.86. The second kappa shape index (κ2) is 4.90. The van der Waals surface area contributed by atoms with Crippen molar-refractivity contribution in [2.45, 2.75) is 5.92 Å². The van der Waals surface area contributed by atoms with Crippen molar-refractivity contribution in [1.29, 1.82) is 5.26 Å². The number of thiophene rings is 1. The van der Waals surface area contributed by atoms with Crippen LogP contribution in [-0.4, -0.2) is 0 Å². The van der Waals surface area contributed by atoms with Crippen LogP contribution in [0.1, 0.15) is 16.4 Å². The summed E-state index contributed by atoms with van der Waals surface area (Å²) in [5.74, 6) is 0.802. The van der Waals surface area contributed by atoms with Gasteiger partial charge in [-0.1, -0.05) is 42.5 Å². The summed E-state index contributed by atoms with van der Waals surface area (Å²) < 4.78 is 5.82. The number of nitrogens with two attached hydrogens (primary N) is 1. The fourth-order valence-electron chi connectivity index (χ4n) is 2.93. The lowest BCUT2D eigenvalue weighted by Crippen LogP contribution is -2.20. The van der Waals surface area contributed by atoms with Gasteiger partial charge in [-0.2, -0.15) is 5.26 Å². The summed E-state index contributed by atoms with van der Waals surface area (Å²) in [5, 5.41) is 13.6. The van der Waals surface area contributed by atoms with E-state index < -0.39 is 0 Å². The van der Waals surface area contributed by atoms with Crippen LogP contribution in [0.4, 0.5) is 0 Å². The van der Waals surface area contributed by atoms with Crippen molar-refractivity contribution >= 4 is 22.1 Å². The molecule has 22 heavy (non-hydrogen) atoms. The van der Waals surface area contributed by atoms with Crippen LogP contribution >= 0.6 is 11.3 Å². The zero-order valence-electron chi connectivity index (χ0n) is 11.6. The maximum Gasteiger partial charge on any atom is 0.205 e. The molecule has 1 aromatic heterocycles. The third-order valence-electron chi connectivity index (χ3n) is 3.94. The van der Waals surface area contributed by atoms with Crippen molar-refractivity contribution in [2.24, 2.45) is 5.73 Å². The number of benzene rings is 2. The van der Waals surface area contributed by atoms with Gasteiger partial charge in [-0.3, -0.25) is 0 Å². The summed E-state index contributed by atoms with van der Waals surface area (Å²) in [5.41, 5.74) is 7.50. The summed E-state index contributed by atoms with van der Waals surface area (Å²) >= 11 is 1.62. The molecule has 0 bridgehead atoms. The van der Waals surface area contributed by atoms with Gasteiger partial charge in [-0.25, -0.2) is 0 Å². The molecular weight excluding hydrogens is 292 g/mol. The van der Waals surface area contributed by atoms with E-state index >= 15 is 0 Å². The van der Waals surface area contributed by atoms with Gasteiger partial charge in [0.2, 0.25) is 5.88 Å². The number of hydrogen-bond acceptors (Lipinski definition) is 4. The van der Waals surface area contributed by atoms with Gasteiger partial charge in [-0.15, -0.1) is 11.3 Å². The van der Waals surface area contributed by atoms with Crippen molar-refractivity contribution in [2.75, 3.05) is 0 Å². The SMILES string of the molecule is N#CC1=C(N)Oc2c(ccc3ccccc23)[C@@H]1c1cccs1. The molecule has 0 spiro atoms. The zero-order chi connectivity index (χ0) is 15.1. The Morgan fingerprint density at radius 3 is 2.73 bits per heavy atom. The van der Waals surface area contributed by atoms with Gasteiger partial charge >= 0.3 is 0 Å². The zero-order valence-corrected chi connectivity index (χ0v) is 12.4. The Bertz CT molecular complexity index is 935. The van der Waals surface area contributed by atoms with Gasteiger partial charge in [0.15, 0.2) is 0 Å². The van der Waals surface area contributed by atoms with Crippen LogP contribution in [0.3, 0.4) is 0 Å². The molecule has 0 saturated carbocycles. The minimum atomic E-state index is -0.154. The molecule has 1 aliphatic heterocycles. The Morgan fingerprint density at radius 2 is 1.95 bits per heavy atom. The van der Waals surface area contributed by atoms with Gasteiger partial charge in [0.1, 0.15) is 17.4 Å². The van der Waals surface area contributed by atoms with Crippen molar-refractivity contribution in [1.82, 2.24) is 0 Å². The highest BCUT2D eigenvalue weighted by Crippen LogP contribution is 2.46. The smallest absolute Gasteiger partial charge is 0.205 e. The molecule has 2 N–H and O–H groups in total. The first-order chi connectivity index (χ1) is 10.8. The van der Waals surface area contributed by atoms with Gasteiger partial charge in [0.05, 0.1) is 5.92 Å². The molecule has 4 rings (SSSR count). The van der Waals surface area contributed by atoms with Crippen LogP contribution in [0.25, 0.3) is 10.8 Å². The van der Waals surface area contributed by atoms with E-state index in [-0.39, 0.29) is 11.8 Å². The second-order valence-electron chi connectivity index (χ2n) is 5.15. The van der Waals surface area contributed by atoms with Crippen LogP contribution in [0.5, 0.6) is 5.75 Å². The van der Waals surface area contributed by atoms with E-state index in [0.29, 0.717) is 5.57 Å². The highest BCUT2D eigenvalue weighted by atomic mass is 32.1. The Kier molecular flexibility index (Phi) is 2.88. The average molecular weight is 304 g/mol. The Labute approximate surface area is 131 Å². The van der Waals surface area contributed by atoms with Crippen molar-refractivity contribution in [3.63, 3.8) is 0 Å². The first-order valence-corrected chi connectivity index (χ1v) is 7.80. The lowest BCUT2D eigenvalue weighted by Gasteiger charge is -2.26. The fraction of sp³-hybridized carbons (Fsp3) is 0.0556. The fourth-order valence-corrected chi connectivity index (χ4v) is 3.79. The van der Waals surface area contributed by atoms with E-state index in [4.69, 9.17) is 10.5 Å². The second-order valence-corrected chi connectivity index (χ2v) is 6.12. The van der Waals surface area contributed by atoms with Gasteiger partial charge in [0.25, 0.3) is 0 Å². The lowest BCUT2D eigenvalue weighted by molar-refractivity contribution is 0.399. The van der Waals surface area contributed by atoms with Crippen molar-refractivity contribution < 1.29 is 4.74 Å². The molecule has 0 radical (unpaired) electrons. The van der Waals surface area contributed by atoms with E-state index in [1.165, 1.54) is 0 Å². The van der Waals surface area contributed by atoms with E-state index in [9.17, 15) is 5.26 Å². The standard InChI is InChI=1S/C18H12N2OS/c19-10-14-16(15-6-3-9-22-15)13-8-7-11-4-1-2-5-12(11)17(13)21-18(14)20/h1-9,16H,20H2/t16-/m0/s1. The van der Waals surface area contributed by atoms with Crippen molar-refractivity contribution in [3.8, 4) is 11.8 Å². The molecule has 3 nitrogen and oxygen atoms in total. The summed E-state index contributed by atoms with van der Waals surface area (Å²) in [4.78, 5) is 1.10. The summed E-state index contributed by atoms with van der Waals surface area (Å²) in [6, 6.07) is 18.4. The van der Waals surface area contributed by atoms with Crippen LogP contribution in [0, 0.1) is 11.3 Å². The van der Waals surface area contributed by atoms with Gasteiger partial charge < -0.3 is 10.5 Å². The predicted molar refractivity (Wildman–Crippen MR) is 87.6 cm³/mol. The first kappa shape index (κ1) is 12.9. The third-order valence-corrected chi connectivity index (χ3v) is 4.87.